The van der Waals surface area contributed by atoms with Crippen molar-refractivity contribution in [3.8, 4) is 0 Å². The monoisotopic (exact) mass is 301 g/mol. The lowest BCUT2D eigenvalue weighted by atomic mass is 10.0. The lowest BCUT2D eigenvalue weighted by Crippen LogP contribution is -2.02. The topological polar surface area (TPSA) is 30.0 Å². The van der Waals surface area contributed by atoms with Gasteiger partial charge in [0.15, 0.2) is 5.78 Å². The van der Waals surface area contributed by atoms with Crippen molar-refractivity contribution < 1.29 is 4.79 Å². The molecule has 2 nitrogen and oxygen atoms in total. The summed E-state index contributed by atoms with van der Waals surface area (Å²) in [6.45, 7) is 0. The first-order valence-electron chi connectivity index (χ1n) is 6.00. The molecule has 3 rings (SSSR count). The number of carbonyl (C=O) groups is 1. The molecule has 0 aliphatic heterocycles. The van der Waals surface area contributed by atoms with Crippen LogP contribution in [0.25, 0.3) is 10.9 Å². The number of fused-ring (bicyclic) bond motifs is 1. The Labute approximate surface area is 126 Å². The molecule has 0 saturated carbocycles. The number of pyridine rings is 1. The standard InChI is InChI=1S/C16H9Cl2NO/c17-12-5-6-13(14(18)8-12)16(20)11-7-10-3-1-2-4-15(10)19-9-11/h1-9H. The lowest BCUT2D eigenvalue weighted by molar-refractivity contribution is 0.103. The predicted octanol–water partition coefficient (Wildman–Crippen LogP) is 4.77. The molecule has 0 spiro atoms. The van der Waals surface area contributed by atoms with Crippen LogP contribution in [-0.4, -0.2) is 10.8 Å². The Bertz CT molecular complexity index is 814. The Morgan fingerprint density at radius 3 is 2.60 bits per heavy atom. The van der Waals surface area contributed by atoms with Crippen LogP contribution in [0.2, 0.25) is 10.0 Å². The van der Waals surface area contributed by atoms with E-state index in [4.69, 9.17) is 23.2 Å². The Hall–Kier alpha value is -1.90. The molecule has 0 bridgehead atoms. The number of nitrogens with zero attached hydrogens (tertiary/aromatic N) is 1. The molecule has 4 heteroatoms. The molecule has 1 aromatic heterocycles. The van der Waals surface area contributed by atoms with Gasteiger partial charge >= 0.3 is 0 Å². The minimum Gasteiger partial charge on any atom is -0.288 e. The van der Waals surface area contributed by atoms with Crippen molar-refractivity contribution in [3.05, 3.63) is 75.9 Å². The fourth-order valence-corrected chi connectivity index (χ4v) is 2.52. The molecule has 0 fully saturated rings. The van der Waals surface area contributed by atoms with E-state index in [1.54, 1.807) is 24.4 Å². The number of halogens is 2. The van der Waals surface area contributed by atoms with E-state index in [0.717, 1.165) is 10.9 Å². The third kappa shape index (κ3) is 2.40. The SMILES string of the molecule is O=C(c1cnc2ccccc2c1)c1ccc(Cl)cc1Cl. The number of rotatable bonds is 2. The number of benzene rings is 2. The lowest BCUT2D eigenvalue weighted by Gasteiger charge is -2.05. The van der Waals surface area contributed by atoms with E-state index in [0.29, 0.717) is 21.2 Å². The number of para-hydroxylation sites is 1. The number of carbonyl (C=O) groups excluding carboxylic acids is 1. The summed E-state index contributed by atoms with van der Waals surface area (Å²) in [5, 5.41) is 1.77. The van der Waals surface area contributed by atoms with Gasteiger partial charge in [-0.1, -0.05) is 41.4 Å². The summed E-state index contributed by atoms with van der Waals surface area (Å²) < 4.78 is 0. The Balaban J connectivity index is 2.08. The quantitative estimate of drug-likeness (QED) is 0.638. The van der Waals surface area contributed by atoms with E-state index in [9.17, 15) is 4.79 Å². The maximum atomic E-state index is 12.5. The average molecular weight is 302 g/mol. The molecule has 0 atom stereocenters. The zero-order valence-electron chi connectivity index (χ0n) is 10.3. The highest BCUT2D eigenvalue weighted by molar-refractivity contribution is 6.37. The van der Waals surface area contributed by atoms with Gasteiger partial charge in [0.25, 0.3) is 0 Å². The maximum Gasteiger partial charge on any atom is 0.196 e. The molecule has 0 saturated heterocycles. The Morgan fingerprint density at radius 1 is 1.00 bits per heavy atom. The maximum absolute atomic E-state index is 12.5. The average Bonchev–Trinajstić information content (AvgIpc) is 2.46. The largest absolute Gasteiger partial charge is 0.288 e. The van der Waals surface area contributed by atoms with Gasteiger partial charge in [-0.2, -0.15) is 0 Å². The van der Waals surface area contributed by atoms with E-state index in [1.165, 1.54) is 0 Å². The Kier molecular flexibility index (Phi) is 3.43. The number of ketones is 1. The van der Waals surface area contributed by atoms with Gasteiger partial charge in [0.05, 0.1) is 10.5 Å². The van der Waals surface area contributed by atoms with Gasteiger partial charge in [0.2, 0.25) is 0 Å². The van der Waals surface area contributed by atoms with Gasteiger partial charge in [-0.15, -0.1) is 0 Å². The smallest absolute Gasteiger partial charge is 0.196 e. The van der Waals surface area contributed by atoms with Crippen LogP contribution in [-0.2, 0) is 0 Å². The van der Waals surface area contributed by atoms with Crippen LogP contribution in [0.1, 0.15) is 15.9 Å². The van der Waals surface area contributed by atoms with Crippen LogP contribution in [0.3, 0.4) is 0 Å². The van der Waals surface area contributed by atoms with Crippen molar-refractivity contribution in [3.63, 3.8) is 0 Å². The number of hydrogen-bond donors (Lipinski definition) is 0. The molecule has 1 heterocycles. The third-order valence-electron chi connectivity index (χ3n) is 3.03. The van der Waals surface area contributed by atoms with Gasteiger partial charge in [0, 0.05) is 27.7 Å². The van der Waals surface area contributed by atoms with Crippen LogP contribution in [0.15, 0.2) is 54.7 Å². The van der Waals surface area contributed by atoms with Crippen molar-refractivity contribution in [2.24, 2.45) is 0 Å². The van der Waals surface area contributed by atoms with E-state index < -0.39 is 0 Å². The summed E-state index contributed by atoms with van der Waals surface area (Å²) in [6.07, 6.45) is 1.57. The van der Waals surface area contributed by atoms with Crippen molar-refractivity contribution in [1.82, 2.24) is 4.98 Å². The fourth-order valence-electron chi connectivity index (χ4n) is 2.02. The molecular formula is C16H9Cl2NO. The second kappa shape index (κ2) is 5.23. The van der Waals surface area contributed by atoms with Crippen molar-refractivity contribution in [2.75, 3.05) is 0 Å². The first-order valence-corrected chi connectivity index (χ1v) is 6.75. The van der Waals surface area contributed by atoms with E-state index in [1.807, 2.05) is 30.3 Å². The molecule has 3 aromatic rings. The first-order chi connectivity index (χ1) is 9.65. The molecule has 0 amide bonds. The van der Waals surface area contributed by atoms with E-state index in [-0.39, 0.29) is 5.78 Å². The number of aromatic nitrogens is 1. The summed E-state index contributed by atoms with van der Waals surface area (Å²) in [5.74, 6) is -0.162. The summed E-state index contributed by atoms with van der Waals surface area (Å²) in [4.78, 5) is 16.7. The summed E-state index contributed by atoms with van der Waals surface area (Å²) in [7, 11) is 0. The predicted molar refractivity (Wildman–Crippen MR) is 81.6 cm³/mol. The molecule has 0 aliphatic carbocycles. The van der Waals surface area contributed by atoms with E-state index in [2.05, 4.69) is 4.98 Å². The minimum absolute atomic E-state index is 0.162. The molecular weight excluding hydrogens is 293 g/mol. The minimum atomic E-state index is -0.162. The van der Waals surface area contributed by atoms with Crippen LogP contribution >= 0.6 is 23.2 Å². The first kappa shape index (κ1) is 13.1. The summed E-state index contributed by atoms with van der Waals surface area (Å²) in [5.41, 5.74) is 1.78. The molecule has 0 unspecified atom stereocenters. The molecule has 0 radical (unpaired) electrons. The van der Waals surface area contributed by atoms with Gasteiger partial charge < -0.3 is 0 Å². The van der Waals surface area contributed by atoms with Gasteiger partial charge in [-0.25, -0.2) is 0 Å². The second-order valence-corrected chi connectivity index (χ2v) is 5.21. The molecule has 0 aliphatic rings. The molecule has 20 heavy (non-hydrogen) atoms. The van der Waals surface area contributed by atoms with Crippen molar-refractivity contribution in [2.45, 2.75) is 0 Å². The van der Waals surface area contributed by atoms with Crippen LogP contribution < -0.4 is 0 Å². The van der Waals surface area contributed by atoms with Crippen LogP contribution in [0.4, 0.5) is 0 Å². The second-order valence-electron chi connectivity index (χ2n) is 4.37. The summed E-state index contributed by atoms with van der Waals surface area (Å²) in [6, 6.07) is 14.3. The van der Waals surface area contributed by atoms with Crippen LogP contribution in [0, 0.1) is 0 Å². The van der Waals surface area contributed by atoms with Crippen LogP contribution in [0.5, 0.6) is 0 Å². The number of hydrogen-bond acceptors (Lipinski definition) is 2. The Morgan fingerprint density at radius 2 is 1.80 bits per heavy atom. The van der Waals surface area contributed by atoms with Gasteiger partial charge in [0.1, 0.15) is 0 Å². The van der Waals surface area contributed by atoms with E-state index >= 15 is 0 Å². The molecule has 0 N–H and O–H groups in total. The zero-order valence-corrected chi connectivity index (χ0v) is 11.8. The van der Waals surface area contributed by atoms with Gasteiger partial charge in [-0.05, 0) is 30.3 Å². The fraction of sp³-hybridized carbons (Fsp3) is 0. The highest BCUT2D eigenvalue weighted by Gasteiger charge is 2.14. The zero-order chi connectivity index (χ0) is 14.1. The highest BCUT2D eigenvalue weighted by atomic mass is 35.5. The highest BCUT2D eigenvalue weighted by Crippen LogP contribution is 2.24. The van der Waals surface area contributed by atoms with Gasteiger partial charge in [-0.3, -0.25) is 9.78 Å². The molecule has 2 aromatic carbocycles. The van der Waals surface area contributed by atoms with Crippen molar-refractivity contribution >= 4 is 39.9 Å². The van der Waals surface area contributed by atoms with Crippen molar-refractivity contribution in [1.29, 1.82) is 0 Å². The third-order valence-corrected chi connectivity index (χ3v) is 3.58. The summed E-state index contributed by atoms with van der Waals surface area (Å²) >= 11 is 11.9. The molecule has 98 valence electrons. The normalized spacial score (nSPS) is 10.7.